The van der Waals surface area contributed by atoms with Crippen molar-refractivity contribution in [1.82, 2.24) is 0 Å². The quantitative estimate of drug-likeness (QED) is 0.745. The van der Waals surface area contributed by atoms with Crippen LogP contribution in [-0.4, -0.2) is 12.7 Å². The molecule has 0 amide bonds. The summed E-state index contributed by atoms with van der Waals surface area (Å²) in [6.07, 6.45) is 1.14. The number of hydrogen-bond acceptors (Lipinski definition) is 1. The van der Waals surface area contributed by atoms with E-state index < -0.39 is 17.8 Å². The number of hydrogen-bond donors (Lipinski definition) is 0. The molecule has 1 aromatic carbocycles. The van der Waals surface area contributed by atoms with Gasteiger partial charge in [-0.25, -0.2) is 13.2 Å². The molecular formula is C16H21F3O. The first-order chi connectivity index (χ1) is 9.54. The summed E-state index contributed by atoms with van der Waals surface area (Å²) < 4.78 is 45.9. The zero-order chi connectivity index (χ0) is 14.7. The third-order valence-electron chi connectivity index (χ3n) is 4.05. The van der Waals surface area contributed by atoms with E-state index in [-0.39, 0.29) is 17.6 Å². The van der Waals surface area contributed by atoms with Crippen molar-refractivity contribution < 1.29 is 17.9 Å². The first kappa shape index (κ1) is 15.4. The van der Waals surface area contributed by atoms with Gasteiger partial charge in [-0.1, -0.05) is 25.5 Å². The van der Waals surface area contributed by atoms with Crippen LogP contribution in [-0.2, 0) is 4.74 Å². The van der Waals surface area contributed by atoms with Crippen LogP contribution in [0.25, 0.3) is 0 Å². The van der Waals surface area contributed by atoms with Crippen molar-refractivity contribution in [3.05, 3.63) is 34.6 Å². The molecule has 1 aliphatic heterocycles. The third kappa shape index (κ3) is 3.17. The van der Waals surface area contributed by atoms with Crippen molar-refractivity contribution in [2.45, 2.75) is 58.0 Å². The van der Waals surface area contributed by atoms with E-state index in [1.165, 1.54) is 6.92 Å². The zero-order valence-electron chi connectivity index (χ0n) is 12.0. The number of benzene rings is 1. The summed E-state index contributed by atoms with van der Waals surface area (Å²) in [4.78, 5) is 0. The summed E-state index contributed by atoms with van der Waals surface area (Å²) in [6.45, 7) is 4.02. The van der Waals surface area contributed by atoms with Crippen LogP contribution >= 0.6 is 0 Å². The molecule has 2 unspecified atom stereocenters. The molecule has 1 saturated heterocycles. The Morgan fingerprint density at radius 2 is 2.05 bits per heavy atom. The molecule has 0 spiro atoms. The molecule has 4 heteroatoms. The topological polar surface area (TPSA) is 9.23 Å². The minimum absolute atomic E-state index is 0.123. The maximum absolute atomic E-state index is 13.9. The number of aryl methyl sites for hydroxylation is 1. The van der Waals surface area contributed by atoms with Crippen LogP contribution in [0.5, 0.6) is 0 Å². The minimum atomic E-state index is -2.78. The Bertz CT molecular complexity index is 451. The fourth-order valence-electron chi connectivity index (χ4n) is 2.90. The van der Waals surface area contributed by atoms with Crippen LogP contribution in [0.15, 0.2) is 12.1 Å². The summed E-state index contributed by atoms with van der Waals surface area (Å²) >= 11 is 0. The Hall–Kier alpha value is -1.03. The Labute approximate surface area is 118 Å². The largest absolute Gasteiger partial charge is 0.378 e. The maximum atomic E-state index is 13.9. The van der Waals surface area contributed by atoms with Gasteiger partial charge in [-0.3, -0.25) is 0 Å². The lowest BCUT2D eigenvalue weighted by Gasteiger charge is -2.30. The van der Waals surface area contributed by atoms with Gasteiger partial charge < -0.3 is 4.74 Å². The second-order valence-corrected chi connectivity index (χ2v) is 5.52. The van der Waals surface area contributed by atoms with Gasteiger partial charge in [0, 0.05) is 5.92 Å². The van der Waals surface area contributed by atoms with Crippen molar-refractivity contribution in [1.29, 1.82) is 0 Å². The van der Waals surface area contributed by atoms with Crippen molar-refractivity contribution in [3.63, 3.8) is 0 Å². The van der Waals surface area contributed by atoms with E-state index in [1.807, 2.05) is 0 Å². The zero-order valence-corrected chi connectivity index (χ0v) is 12.0. The lowest BCUT2D eigenvalue weighted by Crippen LogP contribution is -2.25. The molecule has 1 aromatic rings. The molecule has 20 heavy (non-hydrogen) atoms. The highest BCUT2D eigenvalue weighted by Gasteiger charge is 2.28. The van der Waals surface area contributed by atoms with Gasteiger partial charge in [-0.05, 0) is 37.3 Å². The Morgan fingerprint density at radius 1 is 1.30 bits per heavy atom. The normalized spacial score (nSPS) is 23.3. The summed E-state index contributed by atoms with van der Waals surface area (Å²) in [5.41, 5.74) is 0.246. The number of rotatable bonds is 4. The molecule has 1 nitrogen and oxygen atoms in total. The van der Waals surface area contributed by atoms with Gasteiger partial charge in [-0.2, -0.15) is 0 Å². The van der Waals surface area contributed by atoms with Gasteiger partial charge in [0.15, 0.2) is 0 Å². The smallest absolute Gasteiger partial charge is 0.266 e. The Kier molecular flexibility index (Phi) is 5.08. The molecule has 1 aliphatic rings. The molecule has 2 atom stereocenters. The van der Waals surface area contributed by atoms with Gasteiger partial charge in [0.05, 0.1) is 18.3 Å². The molecule has 1 heterocycles. The second-order valence-electron chi connectivity index (χ2n) is 5.52. The Morgan fingerprint density at radius 3 is 2.60 bits per heavy atom. The van der Waals surface area contributed by atoms with E-state index in [0.717, 1.165) is 25.7 Å². The van der Waals surface area contributed by atoms with E-state index in [2.05, 4.69) is 6.92 Å². The van der Waals surface area contributed by atoms with Gasteiger partial charge in [0.25, 0.3) is 6.43 Å². The van der Waals surface area contributed by atoms with E-state index in [9.17, 15) is 13.2 Å². The van der Waals surface area contributed by atoms with Crippen LogP contribution in [0.2, 0.25) is 0 Å². The molecule has 0 aromatic heterocycles. The maximum Gasteiger partial charge on any atom is 0.266 e. The van der Waals surface area contributed by atoms with E-state index in [0.29, 0.717) is 12.2 Å². The monoisotopic (exact) mass is 286 g/mol. The average Bonchev–Trinajstić information content (AvgIpc) is 2.42. The molecule has 0 N–H and O–H groups in total. The van der Waals surface area contributed by atoms with Gasteiger partial charge in [0.1, 0.15) is 5.82 Å². The van der Waals surface area contributed by atoms with Crippen molar-refractivity contribution >= 4 is 0 Å². The molecule has 112 valence electrons. The summed E-state index contributed by atoms with van der Waals surface area (Å²) in [5, 5.41) is 0. The van der Waals surface area contributed by atoms with Crippen LogP contribution in [0.3, 0.4) is 0 Å². The predicted octanol–water partition coefficient (Wildman–Crippen LogP) is 5.13. The first-order valence-corrected chi connectivity index (χ1v) is 7.23. The number of alkyl halides is 2. The highest BCUT2D eigenvalue weighted by molar-refractivity contribution is 5.37. The molecule has 0 bridgehead atoms. The average molecular weight is 286 g/mol. The highest BCUT2D eigenvalue weighted by atomic mass is 19.3. The van der Waals surface area contributed by atoms with E-state index >= 15 is 0 Å². The van der Waals surface area contributed by atoms with Crippen LogP contribution in [0.1, 0.15) is 61.6 Å². The van der Waals surface area contributed by atoms with Gasteiger partial charge in [0.2, 0.25) is 0 Å². The SMILES string of the molecule is CCCC1CCC(c2ccc(C)c(F)c2C(F)F)CO1. The van der Waals surface area contributed by atoms with Crippen molar-refractivity contribution in [2.24, 2.45) is 0 Å². The predicted molar refractivity (Wildman–Crippen MR) is 72.7 cm³/mol. The highest BCUT2D eigenvalue weighted by Crippen LogP contribution is 2.37. The van der Waals surface area contributed by atoms with Crippen molar-refractivity contribution in [3.8, 4) is 0 Å². The van der Waals surface area contributed by atoms with Crippen LogP contribution < -0.4 is 0 Å². The summed E-state index contributed by atoms with van der Waals surface area (Å²) in [7, 11) is 0. The molecular weight excluding hydrogens is 265 g/mol. The Balaban J connectivity index is 2.20. The minimum Gasteiger partial charge on any atom is -0.378 e. The number of ether oxygens (including phenoxy) is 1. The summed E-state index contributed by atoms with van der Waals surface area (Å²) in [5.74, 6) is -0.893. The van der Waals surface area contributed by atoms with Crippen LogP contribution in [0, 0.1) is 12.7 Å². The van der Waals surface area contributed by atoms with Gasteiger partial charge in [-0.15, -0.1) is 0 Å². The lowest BCUT2D eigenvalue weighted by atomic mass is 9.86. The van der Waals surface area contributed by atoms with Crippen LogP contribution in [0.4, 0.5) is 13.2 Å². The lowest BCUT2D eigenvalue weighted by molar-refractivity contribution is -0.00191. The molecule has 2 rings (SSSR count). The fourth-order valence-corrected chi connectivity index (χ4v) is 2.90. The molecule has 0 saturated carbocycles. The van der Waals surface area contributed by atoms with E-state index in [4.69, 9.17) is 4.74 Å². The van der Waals surface area contributed by atoms with E-state index in [1.54, 1.807) is 12.1 Å². The molecule has 0 aliphatic carbocycles. The summed E-state index contributed by atoms with van der Waals surface area (Å²) in [6, 6.07) is 3.21. The third-order valence-corrected chi connectivity index (χ3v) is 4.05. The molecule has 0 radical (unpaired) electrons. The second kappa shape index (κ2) is 6.61. The first-order valence-electron chi connectivity index (χ1n) is 7.23. The standard InChI is InChI=1S/C16H21F3O/c1-3-4-12-7-6-11(9-20-12)13-8-5-10(2)15(17)14(13)16(18)19/h5,8,11-12,16H,3-4,6-7,9H2,1-2H3. The number of halogens is 3. The van der Waals surface area contributed by atoms with Crippen molar-refractivity contribution in [2.75, 3.05) is 6.61 Å². The molecule has 1 fully saturated rings. The van der Waals surface area contributed by atoms with Gasteiger partial charge >= 0.3 is 0 Å². The fraction of sp³-hybridized carbons (Fsp3) is 0.625.